The molecule has 0 amide bonds. The second-order valence-corrected chi connectivity index (χ2v) is 25.1. The summed E-state index contributed by atoms with van der Waals surface area (Å²) in [4.78, 5) is 13.3. The number of esters is 1. The third-order valence-electron chi connectivity index (χ3n) is 13.5. The highest BCUT2D eigenvalue weighted by molar-refractivity contribution is 6.74. The van der Waals surface area contributed by atoms with Crippen LogP contribution >= 0.6 is 0 Å². The predicted octanol–water partition coefficient (Wildman–Crippen LogP) is 14.1. The molecule has 380 valence electrons. The zero-order valence-corrected chi connectivity index (χ0v) is 44.0. The van der Waals surface area contributed by atoms with Crippen molar-refractivity contribution in [2.75, 3.05) is 19.8 Å². The van der Waals surface area contributed by atoms with E-state index in [9.17, 15) is 4.79 Å². The Labute approximate surface area is 417 Å². The van der Waals surface area contributed by atoms with Crippen LogP contribution in [0.3, 0.4) is 0 Å². The fourth-order valence-electron chi connectivity index (χ4n) is 8.34. The van der Waals surface area contributed by atoms with Gasteiger partial charge in [0.25, 0.3) is 0 Å². The van der Waals surface area contributed by atoms with E-state index >= 15 is 0 Å². The lowest BCUT2D eigenvalue weighted by Gasteiger charge is -2.46. The Morgan fingerprint density at radius 2 is 0.957 bits per heavy atom. The molecule has 1 aliphatic rings. The van der Waals surface area contributed by atoms with Gasteiger partial charge in [0.05, 0.1) is 39.6 Å². The van der Waals surface area contributed by atoms with E-state index in [0.717, 1.165) is 41.5 Å². The average Bonchev–Trinajstić information content (AvgIpc) is 3.35. The Hall–Kier alpha value is -3.71. The molecule has 0 spiro atoms. The average molecular weight is 967 g/mol. The molecular weight excluding hydrogens is 881 g/mol. The fourth-order valence-corrected chi connectivity index (χ4v) is 9.66. The topological polar surface area (TPSA) is 90.9 Å². The summed E-state index contributed by atoms with van der Waals surface area (Å²) >= 11 is 0. The van der Waals surface area contributed by atoms with Crippen LogP contribution in [0.15, 0.2) is 121 Å². The molecule has 9 nitrogen and oxygen atoms in total. The maximum Gasteiger partial charge on any atom is 0.305 e. The van der Waals surface area contributed by atoms with Crippen molar-refractivity contribution in [3.05, 3.63) is 144 Å². The lowest BCUT2D eigenvalue weighted by molar-refractivity contribution is -0.331. The molecule has 0 saturated carbocycles. The van der Waals surface area contributed by atoms with Crippen LogP contribution in [0.25, 0.3) is 0 Å². The van der Waals surface area contributed by atoms with Crippen LogP contribution < -0.4 is 0 Å². The predicted molar refractivity (Wildman–Crippen MR) is 279 cm³/mol. The quantitative estimate of drug-likeness (QED) is 0.0258. The van der Waals surface area contributed by atoms with Gasteiger partial charge in [0, 0.05) is 6.42 Å². The molecule has 0 aliphatic carbocycles. The van der Waals surface area contributed by atoms with Gasteiger partial charge in [0.2, 0.25) is 0 Å². The Kier molecular flexibility index (Phi) is 25.7. The van der Waals surface area contributed by atoms with Gasteiger partial charge < -0.3 is 37.6 Å². The van der Waals surface area contributed by atoms with Crippen molar-refractivity contribution in [1.29, 1.82) is 0 Å². The van der Waals surface area contributed by atoms with Crippen LogP contribution in [0, 0.1) is 0 Å². The van der Waals surface area contributed by atoms with E-state index in [-0.39, 0.29) is 30.8 Å². The van der Waals surface area contributed by atoms with Gasteiger partial charge in [-0.3, -0.25) is 4.79 Å². The van der Waals surface area contributed by atoms with Gasteiger partial charge in [-0.2, -0.15) is 0 Å². The molecule has 6 atom stereocenters. The molecule has 1 aliphatic heterocycles. The molecule has 1 saturated heterocycles. The lowest BCUT2D eigenvalue weighted by Crippen LogP contribution is -2.62. The lowest BCUT2D eigenvalue weighted by atomic mass is 9.97. The van der Waals surface area contributed by atoms with Gasteiger partial charge in [-0.15, -0.1) is 0 Å². The van der Waals surface area contributed by atoms with E-state index in [1.807, 2.05) is 97.1 Å². The van der Waals surface area contributed by atoms with Gasteiger partial charge in [-0.05, 0) is 46.8 Å². The molecule has 0 aromatic heterocycles. The van der Waals surface area contributed by atoms with Gasteiger partial charge in [0.1, 0.15) is 37.1 Å². The third kappa shape index (κ3) is 21.3. The molecule has 0 unspecified atom stereocenters. The van der Waals surface area contributed by atoms with Crippen LogP contribution in [-0.2, 0) is 68.8 Å². The minimum Gasteiger partial charge on any atom is -0.463 e. The number of rotatable bonds is 34. The van der Waals surface area contributed by atoms with Gasteiger partial charge >= 0.3 is 5.97 Å². The van der Waals surface area contributed by atoms with Crippen LogP contribution in [0.4, 0.5) is 0 Å². The van der Waals surface area contributed by atoms with E-state index in [2.05, 4.69) is 65.1 Å². The highest BCUT2D eigenvalue weighted by Crippen LogP contribution is 2.38. The number of hydrogen-bond acceptors (Lipinski definition) is 9. The minimum absolute atomic E-state index is 0.0758. The second-order valence-electron chi connectivity index (χ2n) is 20.3. The summed E-state index contributed by atoms with van der Waals surface area (Å²) < 4.78 is 53.9. The maximum absolute atomic E-state index is 13.3. The highest BCUT2D eigenvalue weighted by atomic mass is 28.4. The molecule has 10 heteroatoms. The van der Waals surface area contributed by atoms with Gasteiger partial charge in [-0.25, -0.2) is 0 Å². The van der Waals surface area contributed by atoms with Crippen LogP contribution in [0.1, 0.15) is 140 Å². The van der Waals surface area contributed by atoms with Crippen molar-refractivity contribution in [2.45, 2.75) is 199 Å². The summed E-state index contributed by atoms with van der Waals surface area (Å²) in [7, 11) is -2.35. The van der Waals surface area contributed by atoms with Gasteiger partial charge in [0.15, 0.2) is 14.6 Å². The fraction of sp³-hybridized carbons (Fsp3) is 0.576. The summed E-state index contributed by atoms with van der Waals surface area (Å²) in [5.74, 6) is -0.205. The summed E-state index contributed by atoms with van der Waals surface area (Å²) in [5.41, 5.74) is 4.10. The smallest absolute Gasteiger partial charge is 0.305 e. The molecule has 1 heterocycles. The number of carbonyl (C=O) groups is 1. The molecule has 4 aromatic carbocycles. The molecule has 4 aromatic rings. The van der Waals surface area contributed by atoms with E-state index in [1.54, 1.807) is 0 Å². The van der Waals surface area contributed by atoms with Crippen molar-refractivity contribution < 1.29 is 42.4 Å². The van der Waals surface area contributed by atoms with E-state index in [4.69, 9.17) is 37.6 Å². The van der Waals surface area contributed by atoms with Crippen LogP contribution in [0.5, 0.6) is 0 Å². The first kappa shape index (κ1) is 56.2. The SMILES string of the molecule is CCCCCCCCCCCCCCCC(=O)OC[C@@H](CO[C@@H]1O[C@H](COCc2ccccc2)[C@@H](OCc2ccccc2)[C@H](OCc2ccccc2)[C@H]1OCc1ccccc1)O[Si](C)(C)C(C)(C)C. The van der Waals surface area contributed by atoms with Crippen molar-refractivity contribution in [3.63, 3.8) is 0 Å². The minimum atomic E-state index is -2.35. The number of benzene rings is 4. The monoisotopic (exact) mass is 967 g/mol. The summed E-state index contributed by atoms with van der Waals surface area (Å²) in [6, 6.07) is 40.4. The largest absolute Gasteiger partial charge is 0.463 e. The molecular formula is C59H86O9Si. The standard InChI is InChI=1S/C59H86O9Si/c1-7-8-9-10-11-12-13-14-15-16-17-18-31-40-54(60)62-45-52(68-69(5,6)59(2,3)4)46-66-58-57(65-44-51-38-29-22-30-39-51)56(64-43-50-36-27-21-28-37-50)55(63-42-49-34-25-20-26-35-49)53(67-58)47-61-41-48-32-23-19-24-33-48/h19-30,32-39,52-53,55-58H,7-18,31,40-47H2,1-6H3/t52-,53+,55+,56-,57+,58+/m0/s1. The molecule has 0 bridgehead atoms. The Morgan fingerprint density at radius 3 is 1.42 bits per heavy atom. The Bertz CT molecular complexity index is 1910. The normalized spacial score (nSPS) is 19.1. The Morgan fingerprint density at radius 1 is 0.536 bits per heavy atom. The highest BCUT2D eigenvalue weighted by Gasteiger charge is 2.50. The van der Waals surface area contributed by atoms with Crippen molar-refractivity contribution in [2.24, 2.45) is 0 Å². The van der Waals surface area contributed by atoms with E-state index in [1.165, 1.54) is 64.2 Å². The van der Waals surface area contributed by atoms with Crippen LogP contribution in [0.2, 0.25) is 18.1 Å². The number of unbranched alkanes of at least 4 members (excludes halogenated alkanes) is 12. The van der Waals surface area contributed by atoms with Crippen molar-refractivity contribution >= 4 is 14.3 Å². The van der Waals surface area contributed by atoms with Crippen molar-refractivity contribution in [1.82, 2.24) is 0 Å². The molecule has 5 rings (SSSR count). The zero-order valence-electron chi connectivity index (χ0n) is 43.0. The summed E-state index contributed by atoms with van der Waals surface area (Å²) in [6.07, 6.45) is 12.7. The summed E-state index contributed by atoms with van der Waals surface area (Å²) in [6.45, 7) is 15.0. The first-order chi connectivity index (χ1) is 33.5. The van der Waals surface area contributed by atoms with E-state index in [0.29, 0.717) is 32.8 Å². The summed E-state index contributed by atoms with van der Waals surface area (Å²) in [5, 5.41) is -0.0898. The zero-order chi connectivity index (χ0) is 49.0. The first-order valence-corrected chi connectivity index (χ1v) is 29.1. The van der Waals surface area contributed by atoms with E-state index < -0.39 is 45.1 Å². The Balaban J connectivity index is 1.31. The van der Waals surface area contributed by atoms with Gasteiger partial charge in [-0.1, -0.05) is 226 Å². The van der Waals surface area contributed by atoms with Crippen molar-refractivity contribution in [3.8, 4) is 0 Å². The number of hydrogen-bond donors (Lipinski definition) is 0. The third-order valence-corrected chi connectivity index (χ3v) is 18.0. The number of carbonyl (C=O) groups excluding carboxylic acids is 1. The number of ether oxygens (including phenoxy) is 7. The molecule has 0 N–H and O–H groups in total. The first-order valence-electron chi connectivity index (χ1n) is 26.2. The molecule has 1 fully saturated rings. The van der Waals surface area contributed by atoms with Crippen LogP contribution in [-0.4, -0.2) is 70.9 Å². The second kappa shape index (κ2) is 31.6. The molecule has 69 heavy (non-hydrogen) atoms. The molecule has 0 radical (unpaired) electrons. The maximum atomic E-state index is 13.3.